The first-order valence-corrected chi connectivity index (χ1v) is 5.80. The summed E-state index contributed by atoms with van der Waals surface area (Å²) >= 11 is 1.34. The van der Waals surface area contributed by atoms with Crippen molar-refractivity contribution in [3.63, 3.8) is 0 Å². The van der Waals surface area contributed by atoms with Crippen LogP contribution in [0.2, 0.25) is 0 Å². The van der Waals surface area contributed by atoms with E-state index >= 15 is 0 Å². The van der Waals surface area contributed by atoms with Gasteiger partial charge in [0.05, 0.1) is 12.4 Å². The molecule has 0 aliphatic heterocycles. The number of nitrogens with one attached hydrogen (secondary N) is 1. The molecular formula is C9H18N2O3S. The Balaban J connectivity index is 3.84. The summed E-state index contributed by atoms with van der Waals surface area (Å²) in [5.74, 6) is -0.115. The predicted molar refractivity (Wildman–Crippen MR) is 60.6 cm³/mol. The molecule has 0 saturated heterocycles. The van der Waals surface area contributed by atoms with Gasteiger partial charge in [0, 0.05) is 12.3 Å². The highest BCUT2D eigenvalue weighted by Crippen LogP contribution is 2.11. The van der Waals surface area contributed by atoms with Crippen LogP contribution in [0.15, 0.2) is 0 Å². The van der Waals surface area contributed by atoms with Crippen LogP contribution in [0.3, 0.4) is 0 Å². The van der Waals surface area contributed by atoms with Crippen LogP contribution in [0.25, 0.3) is 0 Å². The largest absolute Gasteiger partial charge is 0.468 e. The molecule has 0 aliphatic rings. The molecule has 15 heavy (non-hydrogen) atoms. The minimum absolute atomic E-state index is 0.0421. The average molecular weight is 234 g/mol. The SMILES string of the molecule is CCNC(=O)C(C)SCC(N)C(=O)OC. The topological polar surface area (TPSA) is 81.4 Å². The third-order valence-corrected chi connectivity index (χ3v) is 3.02. The molecule has 2 atom stereocenters. The Bertz CT molecular complexity index is 223. The number of carbonyl (C=O) groups is 2. The molecule has 0 aliphatic carbocycles. The van der Waals surface area contributed by atoms with Gasteiger partial charge in [-0.1, -0.05) is 0 Å². The molecule has 1 amide bonds. The normalized spacial score (nSPS) is 14.1. The van der Waals surface area contributed by atoms with Gasteiger partial charge in [0.25, 0.3) is 0 Å². The van der Waals surface area contributed by atoms with Crippen molar-refractivity contribution < 1.29 is 14.3 Å². The van der Waals surface area contributed by atoms with E-state index in [9.17, 15) is 9.59 Å². The molecule has 6 heteroatoms. The number of methoxy groups -OCH3 is 1. The molecule has 0 aromatic heterocycles. The van der Waals surface area contributed by atoms with Crippen molar-refractivity contribution in [2.24, 2.45) is 5.73 Å². The molecule has 5 nitrogen and oxygen atoms in total. The number of ether oxygens (including phenoxy) is 1. The first-order chi connectivity index (χ1) is 7.02. The molecule has 0 spiro atoms. The number of amides is 1. The lowest BCUT2D eigenvalue weighted by molar-refractivity contribution is -0.141. The number of thioether (sulfide) groups is 1. The second-order valence-corrected chi connectivity index (χ2v) is 4.37. The van der Waals surface area contributed by atoms with Crippen molar-refractivity contribution in [2.75, 3.05) is 19.4 Å². The molecule has 0 fully saturated rings. The van der Waals surface area contributed by atoms with E-state index in [1.165, 1.54) is 18.9 Å². The number of hydrogen-bond acceptors (Lipinski definition) is 5. The van der Waals surface area contributed by atoms with E-state index in [-0.39, 0.29) is 11.2 Å². The van der Waals surface area contributed by atoms with Crippen LogP contribution in [0.1, 0.15) is 13.8 Å². The third kappa shape index (κ3) is 5.64. The van der Waals surface area contributed by atoms with Gasteiger partial charge in [0.15, 0.2) is 0 Å². The van der Waals surface area contributed by atoms with Crippen LogP contribution in [0.4, 0.5) is 0 Å². The zero-order valence-corrected chi connectivity index (χ0v) is 10.1. The lowest BCUT2D eigenvalue weighted by Crippen LogP contribution is -2.36. The highest BCUT2D eigenvalue weighted by molar-refractivity contribution is 8.00. The second kappa shape index (κ2) is 7.53. The zero-order valence-electron chi connectivity index (χ0n) is 9.28. The van der Waals surface area contributed by atoms with Crippen molar-refractivity contribution in [1.82, 2.24) is 5.32 Å². The maximum Gasteiger partial charge on any atom is 0.323 e. The number of nitrogens with two attached hydrogens (primary N) is 1. The van der Waals surface area contributed by atoms with Crippen LogP contribution in [0, 0.1) is 0 Å². The Morgan fingerprint density at radius 2 is 2.13 bits per heavy atom. The van der Waals surface area contributed by atoms with Crippen molar-refractivity contribution in [3.8, 4) is 0 Å². The Morgan fingerprint density at radius 3 is 2.60 bits per heavy atom. The Morgan fingerprint density at radius 1 is 1.53 bits per heavy atom. The van der Waals surface area contributed by atoms with Crippen molar-refractivity contribution in [1.29, 1.82) is 0 Å². The Labute approximate surface area is 94.1 Å². The van der Waals surface area contributed by atoms with E-state index in [0.717, 1.165) is 0 Å². The van der Waals surface area contributed by atoms with E-state index in [1.54, 1.807) is 6.92 Å². The standard InChI is InChI=1S/C9H18N2O3S/c1-4-11-8(12)6(2)15-5-7(10)9(13)14-3/h6-7H,4-5,10H2,1-3H3,(H,11,12). The molecule has 0 aromatic rings. The number of esters is 1. The minimum Gasteiger partial charge on any atom is -0.468 e. The summed E-state index contributed by atoms with van der Waals surface area (Å²) in [5, 5.41) is 2.49. The van der Waals surface area contributed by atoms with Gasteiger partial charge >= 0.3 is 5.97 Å². The van der Waals surface area contributed by atoms with Crippen LogP contribution in [-0.4, -0.2) is 42.6 Å². The van der Waals surface area contributed by atoms with Crippen molar-refractivity contribution >= 4 is 23.6 Å². The summed E-state index contributed by atoms with van der Waals surface area (Å²) < 4.78 is 4.47. The van der Waals surface area contributed by atoms with Crippen molar-refractivity contribution in [2.45, 2.75) is 25.1 Å². The van der Waals surface area contributed by atoms with Gasteiger partial charge in [-0.25, -0.2) is 0 Å². The molecular weight excluding hydrogens is 216 g/mol. The highest BCUT2D eigenvalue weighted by atomic mass is 32.2. The van der Waals surface area contributed by atoms with Gasteiger partial charge in [-0.2, -0.15) is 0 Å². The molecule has 3 N–H and O–H groups in total. The van der Waals surface area contributed by atoms with Crippen molar-refractivity contribution in [3.05, 3.63) is 0 Å². The van der Waals surface area contributed by atoms with Gasteiger partial charge in [0.1, 0.15) is 6.04 Å². The monoisotopic (exact) mass is 234 g/mol. The van der Waals surface area contributed by atoms with Crippen LogP contribution in [0.5, 0.6) is 0 Å². The first kappa shape index (κ1) is 14.2. The third-order valence-electron chi connectivity index (χ3n) is 1.75. The molecule has 2 unspecified atom stereocenters. The Hall–Kier alpha value is -0.750. The molecule has 0 aromatic carbocycles. The summed E-state index contributed by atoms with van der Waals surface area (Å²) in [6.07, 6.45) is 0. The van der Waals surface area contributed by atoms with Crippen LogP contribution >= 0.6 is 11.8 Å². The van der Waals surface area contributed by atoms with E-state index in [0.29, 0.717) is 12.3 Å². The maximum atomic E-state index is 11.3. The smallest absolute Gasteiger partial charge is 0.323 e. The second-order valence-electron chi connectivity index (χ2n) is 3.00. The molecule has 0 bridgehead atoms. The van der Waals surface area contributed by atoms with Gasteiger partial charge < -0.3 is 15.8 Å². The summed E-state index contributed by atoms with van der Waals surface area (Å²) in [6.45, 7) is 4.24. The van der Waals surface area contributed by atoms with Gasteiger partial charge in [-0.05, 0) is 13.8 Å². The molecule has 0 rings (SSSR count). The average Bonchev–Trinajstić information content (AvgIpc) is 2.24. The number of rotatable bonds is 6. The zero-order chi connectivity index (χ0) is 11.8. The molecule has 0 heterocycles. The summed E-state index contributed by atoms with van der Waals surface area (Å²) in [6, 6.07) is -0.670. The highest BCUT2D eigenvalue weighted by Gasteiger charge is 2.18. The number of carbonyl (C=O) groups excluding carboxylic acids is 2. The van der Waals surface area contributed by atoms with E-state index in [4.69, 9.17) is 5.73 Å². The fourth-order valence-electron chi connectivity index (χ4n) is 0.861. The summed E-state index contributed by atoms with van der Waals surface area (Å²) in [5.41, 5.74) is 5.52. The number of hydrogen-bond donors (Lipinski definition) is 2. The van der Waals surface area contributed by atoms with Gasteiger partial charge in [-0.3, -0.25) is 9.59 Å². The first-order valence-electron chi connectivity index (χ1n) is 4.75. The predicted octanol–water partition coefficient (Wildman–Crippen LogP) is -0.255. The summed E-state index contributed by atoms with van der Waals surface area (Å²) in [7, 11) is 1.29. The lowest BCUT2D eigenvalue weighted by atomic mass is 10.4. The van der Waals surface area contributed by atoms with Gasteiger partial charge in [0.2, 0.25) is 5.91 Å². The van der Waals surface area contributed by atoms with Gasteiger partial charge in [-0.15, -0.1) is 11.8 Å². The van der Waals surface area contributed by atoms with Crippen LogP contribution < -0.4 is 11.1 Å². The minimum atomic E-state index is -0.670. The fourth-order valence-corrected chi connectivity index (χ4v) is 1.73. The maximum absolute atomic E-state index is 11.3. The van der Waals surface area contributed by atoms with E-state index in [1.807, 2.05) is 6.92 Å². The molecule has 0 radical (unpaired) electrons. The van der Waals surface area contributed by atoms with E-state index in [2.05, 4.69) is 10.1 Å². The quantitative estimate of drug-likeness (QED) is 0.619. The Kier molecular flexibility index (Phi) is 7.15. The molecule has 88 valence electrons. The lowest BCUT2D eigenvalue weighted by Gasteiger charge is -2.13. The summed E-state index contributed by atoms with van der Waals surface area (Å²) in [4.78, 5) is 22.3. The van der Waals surface area contributed by atoms with Crippen LogP contribution in [-0.2, 0) is 14.3 Å². The van der Waals surface area contributed by atoms with E-state index < -0.39 is 12.0 Å². The molecule has 0 saturated carbocycles. The fraction of sp³-hybridized carbons (Fsp3) is 0.778.